The van der Waals surface area contributed by atoms with Gasteiger partial charge >= 0.3 is 0 Å². The first-order valence-electron chi connectivity index (χ1n) is 12.4. The fourth-order valence-corrected chi connectivity index (χ4v) is 5.40. The van der Waals surface area contributed by atoms with Crippen molar-refractivity contribution in [3.63, 3.8) is 0 Å². The van der Waals surface area contributed by atoms with Crippen molar-refractivity contribution in [1.29, 1.82) is 0 Å². The first kappa shape index (κ1) is 24.9. The molecule has 3 aromatic rings. The Hall–Kier alpha value is -3.78. The number of halogens is 2. The van der Waals surface area contributed by atoms with E-state index in [2.05, 4.69) is 0 Å². The van der Waals surface area contributed by atoms with Crippen LogP contribution in [0.25, 0.3) is 0 Å². The summed E-state index contributed by atoms with van der Waals surface area (Å²) in [6, 6.07) is 19.2. The van der Waals surface area contributed by atoms with Crippen LogP contribution in [0.1, 0.15) is 33.4 Å². The highest BCUT2D eigenvalue weighted by atomic mass is 19.1. The van der Waals surface area contributed by atoms with Crippen LogP contribution in [0, 0.1) is 11.6 Å². The van der Waals surface area contributed by atoms with E-state index in [9.17, 15) is 18.4 Å². The lowest BCUT2D eigenvalue weighted by molar-refractivity contribution is -0.135. The van der Waals surface area contributed by atoms with Crippen molar-refractivity contribution in [2.75, 3.05) is 51.3 Å². The molecule has 1 saturated heterocycles. The first-order chi connectivity index (χ1) is 18.0. The maximum absolute atomic E-state index is 14.3. The van der Waals surface area contributed by atoms with E-state index < -0.39 is 12.0 Å². The van der Waals surface area contributed by atoms with E-state index in [-0.39, 0.29) is 30.0 Å². The number of carbonyl (C=O) groups is 2. The number of fused-ring (bicyclic) bond motifs is 1. The Kier molecular flexibility index (Phi) is 7.19. The van der Waals surface area contributed by atoms with E-state index in [4.69, 9.17) is 4.74 Å². The molecule has 2 atom stereocenters. The summed E-state index contributed by atoms with van der Waals surface area (Å²) in [7, 11) is 1.56. The topological polar surface area (TPSA) is 53.1 Å². The number of nitrogens with zero attached hydrogens (tertiary/aromatic N) is 3. The van der Waals surface area contributed by atoms with Gasteiger partial charge in [-0.2, -0.15) is 0 Å². The molecule has 3 aromatic carbocycles. The number of ether oxygens (including phenoxy) is 1. The molecule has 0 aromatic heterocycles. The normalized spacial score (nSPS) is 19.6. The van der Waals surface area contributed by atoms with E-state index in [1.54, 1.807) is 59.4 Å². The molecule has 0 saturated carbocycles. The number of hydrogen-bond donors (Lipinski definition) is 0. The summed E-state index contributed by atoms with van der Waals surface area (Å²) in [5, 5.41) is 0. The maximum atomic E-state index is 14.3. The summed E-state index contributed by atoms with van der Waals surface area (Å²) >= 11 is 0. The van der Waals surface area contributed by atoms with Gasteiger partial charge in [-0.25, -0.2) is 8.78 Å². The molecule has 37 heavy (non-hydrogen) atoms. The summed E-state index contributed by atoms with van der Waals surface area (Å²) in [5.74, 6) is -1.63. The van der Waals surface area contributed by atoms with E-state index in [0.717, 1.165) is 0 Å². The largest absolute Gasteiger partial charge is 0.383 e. The van der Waals surface area contributed by atoms with Gasteiger partial charge in [0.15, 0.2) is 0 Å². The number of carbonyl (C=O) groups excluding carboxylic acids is 2. The standard InChI is InChI=1S/C29H29F2N3O3/c1-37-19-18-34-27(20-10-12-21(30)13-11-20)26(22-6-2-3-7-23(22)28(34)35)29(36)33-16-14-32(15-17-33)25-9-5-4-8-24(25)31/h2-13,26-27H,14-19H2,1H3. The molecular formula is C29H29F2N3O3. The van der Waals surface area contributed by atoms with Crippen molar-refractivity contribution >= 4 is 17.5 Å². The Morgan fingerprint density at radius 3 is 2.30 bits per heavy atom. The Labute approximate surface area is 215 Å². The van der Waals surface area contributed by atoms with Gasteiger partial charge in [-0.15, -0.1) is 0 Å². The maximum Gasteiger partial charge on any atom is 0.254 e. The van der Waals surface area contributed by atoms with Gasteiger partial charge in [0, 0.05) is 45.4 Å². The molecule has 2 aliphatic heterocycles. The molecule has 2 aliphatic rings. The summed E-state index contributed by atoms with van der Waals surface area (Å²) < 4.78 is 33.4. The Balaban J connectivity index is 1.49. The predicted octanol–water partition coefficient (Wildman–Crippen LogP) is 4.24. The molecule has 2 unspecified atom stereocenters. The van der Waals surface area contributed by atoms with Crippen molar-refractivity contribution in [2.24, 2.45) is 0 Å². The van der Waals surface area contributed by atoms with Crippen molar-refractivity contribution < 1.29 is 23.1 Å². The average Bonchev–Trinajstić information content (AvgIpc) is 2.93. The highest BCUT2D eigenvalue weighted by molar-refractivity contribution is 6.01. The molecule has 0 spiro atoms. The monoisotopic (exact) mass is 505 g/mol. The third-order valence-corrected chi connectivity index (χ3v) is 7.24. The van der Waals surface area contributed by atoms with Crippen LogP contribution in [0.4, 0.5) is 14.5 Å². The highest BCUT2D eigenvalue weighted by Gasteiger charge is 2.45. The van der Waals surface area contributed by atoms with Crippen LogP contribution < -0.4 is 4.90 Å². The van der Waals surface area contributed by atoms with Gasteiger partial charge in [-0.05, 0) is 41.5 Å². The number of piperazine rings is 1. The molecule has 6 nitrogen and oxygen atoms in total. The van der Waals surface area contributed by atoms with Gasteiger partial charge in [-0.3, -0.25) is 9.59 Å². The molecule has 5 rings (SSSR count). The van der Waals surface area contributed by atoms with Crippen molar-refractivity contribution in [2.45, 2.75) is 12.0 Å². The van der Waals surface area contributed by atoms with Gasteiger partial charge in [0.2, 0.25) is 5.91 Å². The predicted molar refractivity (Wildman–Crippen MR) is 136 cm³/mol. The lowest BCUT2D eigenvalue weighted by Crippen LogP contribution is -2.54. The van der Waals surface area contributed by atoms with Crippen LogP contribution in [0.3, 0.4) is 0 Å². The smallest absolute Gasteiger partial charge is 0.254 e. The molecule has 0 aliphatic carbocycles. The number of methoxy groups -OCH3 is 1. The fourth-order valence-electron chi connectivity index (χ4n) is 5.40. The van der Waals surface area contributed by atoms with E-state index in [1.165, 1.54) is 18.2 Å². The molecule has 0 bridgehead atoms. The van der Waals surface area contributed by atoms with Crippen LogP contribution in [0.15, 0.2) is 72.8 Å². The SMILES string of the molecule is COCCN1C(=O)c2ccccc2C(C(=O)N2CCN(c3ccccc3F)CC2)C1c1ccc(F)cc1. The zero-order chi connectivity index (χ0) is 25.9. The number of benzene rings is 3. The Morgan fingerprint density at radius 1 is 0.919 bits per heavy atom. The summed E-state index contributed by atoms with van der Waals surface area (Å²) in [6.07, 6.45) is 0. The average molecular weight is 506 g/mol. The molecule has 0 radical (unpaired) electrons. The molecular weight excluding hydrogens is 476 g/mol. The van der Waals surface area contributed by atoms with Gasteiger partial charge < -0.3 is 19.4 Å². The molecule has 8 heteroatoms. The third kappa shape index (κ3) is 4.81. The minimum atomic E-state index is -0.670. The lowest BCUT2D eigenvalue weighted by Gasteiger charge is -2.44. The number of para-hydroxylation sites is 1. The van der Waals surface area contributed by atoms with E-state index in [1.807, 2.05) is 17.0 Å². The Morgan fingerprint density at radius 2 is 1.59 bits per heavy atom. The lowest BCUT2D eigenvalue weighted by atomic mass is 9.78. The Bertz CT molecular complexity index is 1280. The van der Waals surface area contributed by atoms with Crippen LogP contribution in [0.2, 0.25) is 0 Å². The van der Waals surface area contributed by atoms with Gasteiger partial charge in [0.1, 0.15) is 11.6 Å². The number of hydrogen-bond acceptors (Lipinski definition) is 4. The quantitative estimate of drug-likeness (QED) is 0.503. The summed E-state index contributed by atoms with van der Waals surface area (Å²) in [4.78, 5) is 33.2. The van der Waals surface area contributed by atoms with Crippen LogP contribution >= 0.6 is 0 Å². The van der Waals surface area contributed by atoms with Crippen molar-refractivity contribution in [3.8, 4) is 0 Å². The molecule has 0 N–H and O–H groups in total. The summed E-state index contributed by atoms with van der Waals surface area (Å²) in [6.45, 7) is 2.43. The number of amides is 2. The van der Waals surface area contributed by atoms with E-state index in [0.29, 0.717) is 55.2 Å². The van der Waals surface area contributed by atoms with Crippen molar-refractivity contribution in [3.05, 3.63) is 101 Å². The van der Waals surface area contributed by atoms with E-state index >= 15 is 0 Å². The second-order valence-corrected chi connectivity index (χ2v) is 9.32. The van der Waals surface area contributed by atoms with Crippen LogP contribution in [-0.2, 0) is 9.53 Å². The first-order valence-corrected chi connectivity index (χ1v) is 12.4. The van der Waals surface area contributed by atoms with Gasteiger partial charge in [0.05, 0.1) is 24.3 Å². The second-order valence-electron chi connectivity index (χ2n) is 9.32. The number of anilines is 1. The van der Waals surface area contributed by atoms with Crippen molar-refractivity contribution in [1.82, 2.24) is 9.80 Å². The highest BCUT2D eigenvalue weighted by Crippen LogP contribution is 2.43. The third-order valence-electron chi connectivity index (χ3n) is 7.24. The van der Waals surface area contributed by atoms with Gasteiger partial charge in [0.25, 0.3) is 5.91 Å². The fraction of sp³-hybridized carbons (Fsp3) is 0.310. The van der Waals surface area contributed by atoms with Crippen LogP contribution in [0.5, 0.6) is 0 Å². The molecule has 2 heterocycles. The molecule has 2 amide bonds. The second kappa shape index (κ2) is 10.7. The minimum absolute atomic E-state index is 0.107. The van der Waals surface area contributed by atoms with Gasteiger partial charge in [-0.1, -0.05) is 42.5 Å². The van der Waals surface area contributed by atoms with Crippen LogP contribution in [-0.4, -0.2) is 68.1 Å². The summed E-state index contributed by atoms with van der Waals surface area (Å²) in [5.41, 5.74) is 2.36. The molecule has 1 fully saturated rings. The minimum Gasteiger partial charge on any atom is -0.383 e. The molecule has 192 valence electrons. The number of rotatable bonds is 6. The zero-order valence-corrected chi connectivity index (χ0v) is 20.6. The zero-order valence-electron chi connectivity index (χ0n) is 20.6.